The molecular formula is C15H15N5OS. The molecule has 3 rings (SSSR count). The third kappa shape index (κ3) is 2.81. The molecule has 0 aliphatic carbocycles. The largest absolute Gasteiger partial charge is 0.270 e. The number of fused-ring (bicyclic) bond motifs is 1. The number of pyridine rings is 1. The minimum atomic E-state index is -0.0782. The normalized spacial score (nSPS) is 11.0. The van der Waals surface area contributed by atoms with Crippen molar-refractivity contribution in [1.29, 1.82) is 0 Å². The number of hydrogen-bond acceptors (Lipinski definition) is 6. The molecule has 0 N–H and O–H groups in total. The first-order chi connectivity index (χ1) is 10.7. The fraction of sp³-hybridized carbons (Fsp3) is 0.200. The van der Waals surface area contributed by atoms with E-state index >= 15 is 0 Å². The zero-order chi connectivity index (χ0) is 15.5. The molecule has 0 unspecified atom stereocenters. The Morgan fingerprint density at radius 1 is 1.23 bits per heavy atom. The molecular weight excluding hydrogens is 298 g/mol. The van der Waals surface area contributed by atoms with Crippen molar-refractivity contribution in [2.45, 2.75) is 6.54 Å². The van der Waals surface area contributed by atoms with Crippen LogP contribution < -0.4 is 0 Å². The van der Waals surface area contributed by atoms with E-state index in [1.165, 1.54) is 11.5 Å². The summed E-state index contributed by atoms with van der Waals surface area (Å²) in [6.07, 6.45) is 3.48. The van der Waals surface area contributed by atoms with Crippen LogP contribution in [0.15, 0.2) is 42.7 Å². The Morgan fingerprint density at radius 2 is 2.09 bits per heavy atom. The number of amides is 1. The van der Waals surface area contributed by atoms with Crippen molar-refractivity contribution in [1.82, 2.24) is 24.6 Å². The molecule has 7 heteroatoms. The minimum Gasteiger partial charge on any atom is -0.268 e. The smallest absolute Gasteiger partial charge is 0.268 e. The number of hydrazine groups is 1. The van der Waals surface area contributed by atoms with Gasteiger partial charge in [0.1, 0.15) is 5.52 Å². The second-order valence-corrected chi connectivity index (χ2v) is 5.75. The van der Waals surface area contributed by atoms with Gasteiger partial charge in [0, 0.05) is 26.5 Å². The van der Waals surface area contributed by atoms with Crippen LogP contribution in [0.3, 0.4) is 0 Å². The lowest BCUT2D eigenvalue weighted by Gasteiger charge is -2.29. The average Bonchev–Trinajstić information content (AvgIpc) is 3.01. The summed E-state index contributed by atoms with van der Waals surface area (Å²) in [5.41, 5.74) is 2.33. The van der Waals surface area contributed by atoms with E-state index < -0.39 is 0 Å². The van der Waals surface area contributed by atoms with Gasteiger partial charge in [-0.2, -0.15) is 0 Å². The van der Waals surface area contributed by atoms with Gasteiger partial charge in [-0.15, -0.1) is 5.10 Å². The van der Waals surface area contributed by atoms with Crippen LogP contribution in [0, 0.1) is 0 Å². The summed E-state index contributed by atoms with van der Waals surface area (Å²) >= 11 is 1.24. The summed E-state index contributed by atoms with van der Waals surface area (Å²) in [6, 6.07) is 9.31. The summed E-state index contributed by atoms with van der Waals surface area (Å²) in [5.74, 6) is -0.0782. The van der Waals surface area contributed by atoms with Crippen LogP contribution in [0.25, 0.3) is 10.2 Å². The van der Waals surface area contributed by atoms with E-state index in [4.69, 9.17) is 0 Å². The molecule has 0 atom stereocenters. The lowest BCUT2D eigenvalue weighted by atomic mass is 10.2. The van der Waals surface area contributed by atoms with Gasteiger partial charge in [-0.25, -0.2) is 5.01 Å². The molecule has 22 heavy (non-hydrogen) atoms. The third-order valence-electron chi connectivity index (χ3n) is 3.28. The van der Waals surface area contributed by atoms with E-state index in [9.17, 15) is 4.79 Å². The number of aromatic nitrogens is 3. The minimum absolute atomic E-state index is 0.0782. The second kappa shape index (κ2) is 6.17. The standard InChI is InChI=1S/C15H15N5OS/c1-19(2)20(10-11-5-4-8-16-9-11)15(21)12-6-3-7-13-14(12)22-18-17-13/h3-9H,10H2,1-2H3. The number of rotatable bonds is 4. The number of carbonyl (C=O) groups excluding carboxylic acids is 1. The second-order valence-electron chi connectivity index (χ2n) is 5.00. The zero-order valence-electron chi connectivity index (χ0n) is 12.3. The first-order valence-corrected chi connectivity index (χ1v) is 7.53. The predicted octanol–water partition coefficient (Wildman–Crippen LogP) is 2.21. The molecule has 0 saturated heterocycles. The average molecular weight is 313 g/mol. The lowest BCUT2D eigenvalue weighted by molar-refractivity contribution is 0.0156. The van der Waals surface area contributed by atoms with E-state index in [1.807, 2.05) is 44.4 Å². The molecule has 112 valence electrons. The Bertz CT molecular complexity index is 787. The van der Waals surface area contributed by atoms with Crippen LogP contribution in [0.5, 0.6) is 0 Å². The molecule has 0 aliphatic heterocycles. The highest BCUT2D eigenvalue weighted by molar-refractivity contribution is 7.13. The van der Waals surface area contributed by atoms with E-state index in [0.717, 1.165) is 15.8 Å². The first kappa shape index (κ1) is 14.6. The monoisotopic (exact) mass is 313 g/mol. The summed E-state index contributed by atoms with van der Waals surface area (Å²) in [6.45, 7) is 0.461. The Kier molecular flexibility index (Phi) is 4.08. The van der Waals surface area contributed by atoms with Crippen LogP contribution >= 0.6 is 11.5 Å². The fourth-order valence-corrected chi connectivity index (χ4v) is 2.84. The van der Waals surface area contributed by atoms with Crippen LogP contribution in [-0.4, -0.2) is 44.6 Å². The zero-order valence-corrected chi connectivity index (χ0v) is 13.1. The van der Waals surface area contributed by atoms with Crippen molar-refractivity contribution >= 4 is 27.7 Å². The van der Waals surface area contributed by atoms with Gasteiger partial charge < -0.3 is 0 Å². The maximum absolute atomic E-state index is 12.9. The molecule has 6 nitrogen and oxygen atoms in total. The van der Waals surface area contributed by atoms with Crippen molar-refractivity contribution in [3.63, 3.8) is 0 Å². The number of nitrogens with zero attached hydrogens (tertiary/aromatic N) is 5. The number of carbonyl (C=O) groups is 1. The molecule has 0 aliphatic rings. The predicted molar refractivity (Wildman–Crippen MR) is 85.2 cm³/mol. The highest BCUT2D eigenvalue weighted by Crippen LogP contribution is 2.22. The topological polar surface area (TPSA) is 62.2 Å². The molecule has 3 aromatic rings. The Hall–Kier alpha value is -2.38. The maximum Gasteiger partial charge on any atom is 0.270 e. The number of benzene rings is 1. The van der Waals surface area contributed by atoms with E-state index in [-0.39, 0.29) is 5.91 Å². The first-order valence-electron chi connectivity index (χ1n) is 6.76. The molecule has 2 heterocycles. The van der Waals surface area contributed by atoms with E-state index in [1.54, 1.807) is 22.4 Å². The third-order valence-corrected chi connectivity index (χ3v) is 4.05. The van der Waals surface area contributed by atoms with E-state index in [0.29, 0.717) is 12.1 Å². The summed E-state index contributed by atoms with van der Waals surface area (Å²) in [5, 5.41) is 7.48. The Morgan fingerprint density at radius 3 is 2.82 bits per heavy atom. The Labute approximate surface area is 132 Å². The van der Waals surface area contributed by atoms with Gasteiger partial charge in [-0.1, -0.05) is 16.6 Å². The van der Waals surface area contributed by atoms with Gasteiger partial charge in [0.2, 0.25) is 0 Å². The van der Waals surface area contributed by atoms with Crippen LogP contribution in [-0.2, 0) is 6.54 Å². The highest BCUT2D eigenvalue weighted by atomic mass is 32.1. The fourth-order valence-electron chi connectivity index (χ4n) is 2.17. The summed E-state index contributed by atoms with van der Waals surface area (Å²) in [7, 11) is 3.69. The van der Waals surface area contributed by atoms with E-state index in [2.05, 4.69) is 14.6 Å². The van der Waals surface area contributed by atoms with Gasteiger partial charge >= 0.3 is 0 Å². The molecule has 0 saturated carbocycles. The van der Waals surface area contributed by atoms with Crippen LogP contribution in [0.2, 0.25) is 0 Å². The molecule has 0 spiro atoms. The van der Waals surface area contributed by atoms with Crippen LogP contribution in [0.4, 0.5) is 0 Å². The van der Waals surface area contributed by atoms with Crippen molar-refractivity contribution in [2.75, 3.05) is 14.1 Å². The van der Waals surface area contributed by atoms with Crippen LogP contribution in [0.1, 0.15) is 15.9 Å². The molecule has 2 aromatic heterocycles. The lowest BCUT2D eigenvalue weighted by Crippen LogP contribution is -2.41. The van der Waals surface area contributed by atoms with Gasteiger partial charge in [0.05, 0.1) is 16.8 Å². The molecule has 0 fully saturated rings. The van der Waals surface area contributed by atoms with Gasteiger partial charge in [0.15, 0.2) is 0 Å². The molecule has 0 bridgehead atoms. The SMILES string of the molecule is CN(C)N(Cc1cccnc1)C(=O)c1cccc2nnsc12. The highest BCUT2D eigenvalue weighted by Gasteiger charge is 2.21. The molecule has 0 radical (unpaired) electrons. The van der Waals surface area contributed by atoms with Crippen molar-refractivity contribution < 1.29 is 4.79 Å². The molecule has 1 aromatic carbocycles. The van der Waals surface area contributed by atoms with Gasteiger partial charge in [-0.3, -0.25) is 14.8 Å². The van der Waals surface area contributed by atoms with Crippen molar-refractivity contribution in [3.05, 3.63) is 53.9 Å². The van der Waals surface area contributed by atoms with Gasteiger partial charge in [-0.05, 0) is 35.3 Å². The quantitative estimate of drug-likeness (QED) is 0.691. The van der Waals surface area contributed by atoms with Gasteiger partial charge in [0.25, 0.3) is 5.91 Å². The Balaban J connectivity index is 1.95. The number of hydrogen-bond donors (Lipinski definition) is 0. The van der Waals surface area contributed by atoms with Crippen molar-refractivity contribution in [2.24, 2.45) is 0 Å². The summed E-state index contributed by atoms with van der Waals surface area (Å²) in [4.78, 5) is 17.0. The summed E-state index contributed by atoms with van der Waals surface area (Å²) < 4.78 is 4.74. The molecule has 1 amide bonds. The maximum atomic E-state index is 12.9. The van der Waals surface area contributed by atoms with Crippen molar-refractivity contribution in [3.8, 4) is 0 Å².